The summed E-state index contributed by atoms with van der Waals surface area (Å²) in [5, 5.41) is 14.9. The molecule has 0 spiro atoms. The Hall–Kier alpha value is -2.07. The normalized spacial score (nSPS) is 25.9. The molecule has 2 N–H and O–H groups in total. The van der Waals surface area contributed by atoms with E-state index in [0.29, 0.717) is 5.56 Å². The highest BCUT2D eigenvalue weighted by molar-refractivity contribution is 9.10. The number of nitrogens with zero attached hydrogens (tertiary/aromatic N) is 2. The number of halogens is 1. The second-order valence-electron chi connectivity index (χ2n) is 6.36. The summed E-state index contributed by atoms with van der Waals surface area (Å²) < 4.78 is 0.811. The average Bonchev–Trinajstić information content (AvgIpc) is 3.11. The number of rotatable bonds is 4. The topological polar surface area (TPSA) is 85.2 Å². The summed E-state index contributed by atoms with van der Waals surface area (Å²) in [4.78, 5) is 26.4. The van der Waals surface area contributed by atoms with Crippen molar-refractivity contribution in [1.82, 2.24) is 15.5 Å². The molecule has 2 heterocycles. The molecule has 0 saturated carbocycles. The molecule has 1 aromatic rings. The minimum atomic E-state index is -0.633. The standard InChI is InChI=1S/C17H19BrN4O2/c1-10(20-17(24)11-3-2-4-12(18)7-11)16(23)21-14-8-13-5-6-15(14)22(13)9-19/h2-4,7,10,13-15H,5-6,8H2,1H3,(H,20,24)(H,21,23). The van der Waals surface area contributed by atoms with Crippen LogP contribution in [0.5, 0.6) is 0 Å². The van der Waals surface area contributed by atoms with Gasteiger partial charge in [-0.2, -0.15) is 5.26 Å². The fourth-order valence-electron chi connectivity index (χ4n) is 3.58. The molecule has 4 unspecified atom stereocenters. The first kappa shape index (κ1) is 16.8. The molecule has 2 aliphatic rings. The van der Waals surface area contributed by atoms with Gasteiger partial charge < -0.3 is 15.5 Å². The monoisotopic (exact) mass is 390 g/mol. The molecular weight excluding hydrogens is 372 g/mol. The lowest BCUT2D eigenvalue weighted by molar-refractivity contribution is -0.123. The molecule has 0 radical (unpaired) electrons. The van der Waals surface area contributed by atoms with Crippen LogP contribution in [0.15, 0.2) is 28.7 Å². The van der Waals surface area contributed by atoms with E-state index in [1.807, 2.05) is 6.07 Å². The molecular formula is C17H19BrN4O2. The molecule has 2 aliphatic heterocycles. The van der Waals surface area contributed by atoms with Crippen molar-refractivity contribution in [2.45, 2.75) is 50.4 Å². The maximum atomic E-state index is 12.4. The van der Waals surface area contributed by atoms with Crippen molar-refractivity contribution in [3.63, 3.8) is 0 Å². The van der Waals surface area contributed by atoms with Crippen molar-refractivity contribution in [3.8, 4) is 6.19 Å². The van der Waals surface area contributed by atoms with E-state index in [-0.39, 0.29) is 29.9 Å². The number of carbonyl (C=O) groups excluding carboxylic acids is 2. The Labute approximate surface area is 149 Å². The number of hydrogen-bond donors (Lipinski definition) is 2. The molecule has 2 saturated heterocycles. The highest BCUT2D eigenvalue weighted by Gasteiger charge is 2.46. The van der Waals surface area contributed by atoms with Crippen LogP contribution in [0.1, 0.15) is 36.5 Å². The number of nitrogens with one attached hydrogen (secondary N) is 2. The van der Waals surface area contributed by atoms with Gasteiger partial charge >= 0.3 is 0 Å². The minimum Gasteiger partial charge on any atom is -0.349 e. The molecule has 4 atom stereocenters. The molecule has 24 heavy (non-hydrogen) atoms. The van der Waals surface area contributed by atoms with E-state index in [2.05, 4.69) is 32.8 Å². The van der Waals surface area contributed by atoms with Crippen LogP contribution < -0.4 is 10.6 Å². The Bertz CT molecular complexity index is 702. The molecule has 2 bridgehead atoms. The Morgan fingerprint density at radius 3 is 2.88 bits per heavy atom. The molecule has 6 nitrogen and oxygen atoms in total. The van der Waals surface area contributed by atoms with E-state index < -0.39 is 6.04 Å². The van der Waals surface area contributed by atoms with Crippen molar-refractivity contribution in [2.24, 2.45) is 0 Å². The smallest absolute Gasteiger partial charge is 0.251 e. The third-order valence-electron chi connectivity index (χ3n) is 4.81. The first-order valence-electron chi connectivity index (χ1n) is 8.04. The Balaban J connectivity index is 1.56. The first-order chi connectivity index (χ1) is 11.5. The SMILES string of the molecule is CC(NC(=O)c1cccc(Br)c1)C(=O)NC1CC2CCC1N2C#N. The lowest BCUT2D eigenvalue weighted by atomic mass is 9.95. The Kier molecular flexibility index (Phi) is 4.76. The fraction of sp³-hybridized carbons (Fsp3) is 0.471. The van der Waals surface area contributed by atoms with Gasteiger partial charge in [0.1, 0.15) is 6.04 Å². The summed E-state index contributed by atoms with van der Waals surface area (Å²) in [7, 11) is 0. The molecule has 0 aromatic heterocycles. The van der Waals surface area contributed by atoms with Crippen LogP contribution in [-0.2, 0) is 4.79 Å². The molecule has 126 valence electrons. The van der Waals surface area contributed by atoms with Gasteiger partial charge in [0.15, 0.2) is 6.19 Å². The number of hydrogen-bond acceptors (Lipinski definition) is 4. The third-order valence-corrected chi connectivity index (χ3v) is 5.30. The van der Waals surface area contributed by atoms with Gasteiger partial charge in [0.25, 0.3) is 5.91 Å². The summed E-state index contributed by atoms with van der Waals surface area (Å²) >= 11 is 3.32. The zero-order chi connectivity index (χ0) is 17.3. The minimum absolute atomic E-state index is 0.0129. The van der Waals surface area contributed by atoms with Gasteiger partial charge in [-0.15, -0.1) is 0 Å². The summed E-state index contributed by atoms with van der Waals surface area (Å²) in [6.07, 6.45) is 4.97. The van der Waals surface area contributed by atoms with Gasteiger partial charge in [-0.05, 0) is 44.4 Å². The molecule has 0 aliphatic carbocycles. The number of carbonyl (C=O) groups is 2. The van der Waals surface area contributed by atoms with Gasteiger partial charge in [0.2, 0.25) is 5.91 Å². The summed E-state index contributed by atoms with van der Waals surface area (Å²) in [5.41, 5.74) is 0.500. The predicted octanol–water partition coefficient (Wildman–Crippen LogP) is 1.77. The highest BCUT2D eigenvalue weighted by Crippen LogP contribution is 2.36. The van der Waals surface area contributed by atoms with E-state index in [4.69, 9.17) is 0 Å². The van der Waals surface area contributed by atoms with Crippen LogP contribution in [-0.4, -0.2) is 40.9 Å². The highest BCUT2D eigenvalue weighted by atomic mass is 79.9. The number of fused-ring (bicyclic) bond motifs is 2. The van der Waals surface area contributed by atoms with Crippen LogP contribution >= 0.6 is 15.9 Å². The quantitative estimate of drug-likeness (QED) is 0.767. The second-order valence-corrected chi connectivity index (χ2v) is 7.28. The van der Waals surface area contributed by atoms with Gasteiger partial charge in [0.05, 0.1) is 12.1 Å². The molecule has 2 amide bonds. The fourth-order valence-corrected chi connectivity index (χ4v) is 3.98. The first-order valence-corrected chi connectivity index (χ1v) is 8.83. The van der Waals surface area contributed by atoms with E-state index in [9.17, 15) is 14.9 Å². The Morgan fingerprint density at radius 2 is 2.21 bits per heavy atom. The van der Waals surface area contributed by atoms with Crippen LogP contribution in [0.4, 0.5) is 0 Å². The van der Waals surface area contributed by atoms with E-state index in [1.165, 1.54) is 0 Å². The van der Waals surface area contributed by atoms with Gasteiger partial charge in [-0.25, -0.2) is 0 Å². The largest absolute Gasteiger partial charge is 0.349 e. The maximum absolute atomic E-state index is 12.4. The summed E-state index contributed by atoms with van der Waals surface area (Å²) in [6, 6.07) is 6.71. The van der Waals surface area contributed by atoms with Crippen molar-refractivity contribution >= 4 is 27.7 Å². The van der Waals surface area contributed by atoms with E-state index in [0.717, 1.165) is 23.7 Å². The van der Waals surface area contributed by atoms with Crippen LogP contribution in [0.2, 0.25) is 0 Å². The van der Waals surface area contributed by atoms with Crippen molar-refractivity contribution in [2.75, 3.05) is 0 Å². The predicted molar refractivity (Wildman–Crippen MR) is 91.9 cm³/mol. The zero-order valence-corrected chi connectivity index (χ0v) is 14.9. The zero-order valence-electron chi connectivity index (χ0n) is 13.3. The Morgan fingerprint density at radius 1 is 1.42 bits per heavy atom. The maximum Gasteiger partial charge on any atom is 0.251 e. The summed E-state index contributed by atoms with van der Waals surface area (Å²) in [6.45, 7) is 1.67. The average molecular weight is 391 g/mol. The lowest BCUT2D eigenvalue weighted by Crippen LogP contribution is -2.51. The molecule has 7 heteroatoms. The molecule has 3 rings (SSSR count). The van der Waals surface area contributed by atoms with E-state index >= 15 is 0 Å². The van der Waals surface area contributed by atoms with Crippen molar-refractivity contribution < 1.29 is 9.59 Å². The lowest BCUT2D eigenvalue weighted by Gasteiger charge is -2.24. The van der Waals surface area contributed by atoms with Crippen molar-refractivity contribution in [1.29, 1.82) is 5.26 Å². The van der Waals surface area contributed by atoms with Crippen LogP contribution in [0.25, 0.3) is 0 Å². The van der Waals surface area contributed by atoms with Crippen LogP contribution in [0.3, 0.4) is 0 Å². The number of nitriles is 1. The summed E-state index contributed by atoms with van der Waals surface area (Å²) in [5.74, 6) is -0.501. The second kappa shape index (κ2) is 6.81. The van der Waals surface area contributed by atoms with Gasteiger partial charge in [0, 0.05) is 16.1 Å². The van der Waals surface area contributed by atoms with E-state index in [1.54, 1.807) is 30.0 Å². The number of benzene rings is 1. The van der Waals surface area contributed by atoms with Gasteiger partial charge in [-0.3, -0.25) is 9.59 Å². The van der Waals surface area contributed by atoms with Crippen molar-refractivity contribution in [3.05, 3.63) is 34.3 Å². The van der Waals surface area contributed by atoms with Crippen LogP contribution in [0, 0.1) is 11.5 Å². The molecule has 1 aromatic carbocycles. The third kappa shape index (κ3) is 3.24. The van der Waals surface area contributed by atoms with Gasteiger partial charge in [-0.1, -0.05) is 22.0 Å². The number of amides is 2. The molecule has 2 fully saturated rings.